The summed E-state index contributed by atoms with van der Waals surface area (Å²) >= 11 is 0. The highest BCUT2D eigenvalue weighted by Gasteiger charge is 2.35. The van der Waals surface area contributed by atoms with Crippen LogP contribution in [0.3, 0.4) is 0 Å². The van der Waals surface area contributed by atoms with Crippen LogP contribution in [-0.2, 0) is 26.0 Å². The first-order valence-electron chi connectivity index (χ1n) is 20.7. The van der Waals surface area contributed by atoms with Gasteiger partial charge in [-0.15, -0.1) is 0 Å². The molecule has 3 aliphatic heterocycles. The van der Waals surface area contributed by atoms with Gasteiger partial charge in [0.1, 0.15) is 5.75 Å². The Morgan fingerprint density at radius 1 is 0.983 bits per heavy atom. The SMILES string of the molecule is COC[C@@H]1CN(C(=O)c2cnn(C3CCN(C)CC3)c2C2=Cc3cc(OC)ccc3-c3c(C4CCCCC4)c4ccc(C(=O)NS(=O)(=O)C(C)C)cc4n3C2)CCO1. The molecule has 1 aliphatic carbocycles. The highest BCUT2D eigenvalue weighted by molar-refractivity contribution is 7.90. The molecule has 14 heteroatoms. The average Bonchev–Trinajstić information content (AvgIpc) is 3.75. The van der Waals surface area contributed by atoms with Gasteiger partial charge in [-0.25, -0.2) is 13.1 Å². The van der Waals surface area contributed by atoms with Gasteiger partial charge in [0.2, 0.25) is 10.0 Å². The number of carbonyl (C=O) groups excluding carboxylic acids is 2. The van der Waals surface area contributed by atoms with Gasteiger partial charge in [0.15, 0.2) is 0 Å². The fraction of sp³-hybridized carbons (Fsp3) is 0.523. The molecular weight excluding hydrogens is 757 g/mol. The van der Waals surface area contributed by atoms with Crippen LogP contribution in [0.25, 0.3) is 33.8 Å². The number of piperidine rings is 1. The number of methoxy groups -OCH3 is 2. The number of ether oxygens (including phenoxy) is 3. The van der Waals surface area contributed by atoms with Gasteiger partial charge in [-0.1, -0.05) is 25.3 Å². The molecule has 8 rings (SSSR count). The number of nitrogens with one attached hydrogen (secondary N) is 1. The monoisotopic (exact) mass is 812 g/mol. The molecule has 310 valence electrons. The highest BCUT2D eigenvalue weighted by atomic mass is 32.2. The maximum absolute atomic E-state index is 14.8. The predicted molar refractivity (Wildman–Crippen MR) is 225 cm³/mol. The number of amides is 2. The first kappa shape index (κ1) is 40.3. The molecule has 2 amide bonds. The van der Waals surface area contributed by atoms with Crippen LogP contribution in [0.5, 0.6) is 5.75 Å². The molecule has 2 aromatic heterocycles. The van der Waals surface area contributed by atoms with E-state index in [2.05, 4.69) is 44.1 Å². The lowest BCUT2D eigenvalue weighted by atomic mass is 9.81. The average molecular weight is 813 g/mol. The molecule has 2 saturated heterocycles. The van der Waals surface area contributed by atoms with Crippen molar-refractivity contribution in [2.45, 2.75) is 88.7 Å². The van der Waals surface area contributed by atoms with Crippen LogP contribution >= 0.6 is 0 Å². The molecule has 5 heterocycles. The number of fused-ring (bicyclic) bond motifs is 5. The maximum atomic E-state index is 14.8. The zero-order valence-corrected chi connectivity index (χ0v) is 35.1. The number of likely N-dealkylation sites (tertiary alicyclic amines) is 1. The summed E-state index contributed by atoms with van der Waals surface area (Å²) in [5, 5.41) is 5.31. The predicted octanol–water partition coefficient (Wildman–Crippen LogP) is 6.34. The summed E-state index contributed by atoms with van der Waals surface area (Å²) in [6, 6.07) is 11.9. The summed E-state index contributed by atoms with van der Waals surface area (Å²) < 4.78 is 49.5. The van der Waals surface area contributed by atoms with Crippen LogP contribution in [0.1, 0.15) is 108 Å². The van der Waals surface area contributed by atoms with Crippen LogP contribution in [0.15, 0.2) is 42.6 Å². The molecule has 0 radical (unpaired) electrons. The van der Waals surface area contributed by atoms with E-state index in [1.165, 1.54) is 12.0 Å². The van der Waals surface area contributed by atoms with Crippen LogP contribution in [0, 0.1) is 0 Å². The molecular formula is C44H56N6O7S. The Labute approximate surface area is 341 Å². The number of hydrogen-bond donors (Lipinski definition) is 1. The lowest BCUT2D eigenvalue weighted by molar-refractivity contribution is -0.0531. The summed E-state index contributed by atoms with van der Waals surface area (Å²) in [6.45, 7) is 7.02. The van der Waals surface area contributed by atoms with Crippen LogP contribution in [0.4, 0.5) is 0 Å². The topological polar surface area (TPSA) is 137 Å². The third-order valence-corrected chi connectivity index (χ3v) is 14.3. The molecule has 3 fully saturated rings. The third kappa shape index (κ3) is 7.71. The second-order valence-corrected chi connectivity index (χ2v) is 18.9. The van der Waals surface area contributed by atoms with Crippen molar-refractivity contribution in [3.63, 3.8) is 0 Å². The van der Waals surface area contributed by atoms with Crippen molar-refractivity contribution < 1.29 is 32.2 Å². The molecule has 4 aliphatic rings. The van der Waals surface area contributed by atoms with E-state index in [0.717, 1.165) is 96.4 Å². The normalized spacial score (nSPS) is 19.8. The molecule has 2 aromatic carbocycles. The van der Waals surface area contributed by atoms with Gasteiger partial charge < -0.3 is 28.6 Å². The van der Waals surface area contributed by atoms with Gasteiger partial charge in [0.05, 0.1) is 67.4 Å². The molecule has 13 nitrogen and oxygen atoms in total. The zero-order valence-electron chi connectivity index (χ0n) is 34.3. The zero-order chi connectivity index (χ0) is 40.7. The van der Waals surface area contributed by atoms with E-state index in [4.69, 9.17) is 19.3 Å². The van der Waals surface area contributed by atoms with Crippen molar-refractivity contribution in [2.24, 2.45) is 0 Å². The van der Waals surface area contributed by atoms with Crippen molar-refractivity contribution in [1.29, 1.82) is 0 Å². The highest BCUT2D eigenvalue weighted by Crippen LogP contribution is 2.48. The van der Waals surface area contributed by atoms with Gasteiger partial charge in [0.25, 0.3) is 11.8 Å². The van der Waals surface area contributed by atoms with Gasteiger partial charge in [-0.3, -0.25) is 14.3 Å². The molecule has 1 atom stereocenters. The molecule has 0 bridgehead atoms. The van der Waals surface area contributed by atoms with Gasteiger partial charge in [0, 0.05) is 42.2 Å². The Bertz CT molecular complexity index is 2330. The summed E-state index contributed by atoms with van der Waals surface area (Å²) in [7, 11) is 1.59. The fourth-order valence-electron chi connectivity index (χ4n) is 9.35. The number of morpholine rings is 1. The number of hydrogen-bond acceptors (Lipinski definition) is 9. The molecule has 1 N–H and O–H groups in total. The van der Waals surface area contributed by atoms with Crippen molar-refractivity contribution in [2.75, 3.05) is 60.7 Å². The second-order valence-electron chi connectivity index (χ2n) is 16.6. The number of rotatable bonds is 10. The Balaban J connectivity index is 1.34. The Morgan fingerprint density at radius 2 is 1.76 bits per heavy atom. The summed E-state index contributed by atoms with van der Waals surface area (Å²) in [6.07, 6.45) is 11.1. The number of allylic oxidation sites excluding steroid dienone is 1. The van der Waals surface area contributed by atoms with E-state index in [9.17, 15) is 18.0 Å². The molecule has 4 aromatic rings. The van der Waals surface area contributed by atoms with Crippen molar-refractivity contribution in [1.82, 2.24) is 28.9 Å². The first-order chi connectivity index (χ1) is 28.0. The summed E-state index contributed by atoms with van der Waals surface area (Å²) in [5.74, 6) is 0.264. The van der Waals surface area contributed by atoms with Crippen LogP contribution in [-0.4, -0.2) is 116 Å². The van der Waals surface area contributed by atoms with E-state index < -0.39 is 21.2 Å². The fourth-order valence-corrected chi connectivity index (χ4v) is 9.96. The van der Waals surface area contributed by atoms with E-state index >= 15 is 0 Å². The van der Waals surface area contributed by atoms with Crippen LogP contribution < -0.4 is 9.46 Å². The number of benzene rings is 2. The Morgan fingerprint density at radius 3 is 2.48 bits per heavy atom. The molecule has 58 heavy (non-hydrogen) atoms. The standard InChI is InChI=1S/C44H56N6O7S/c1-28(2)58(53,54)46-43(51)30-11-13-37-39(23-30)49-25-32(21-31-22-34(56-5)12-14-36(31)42(49)40(37)29-9-7-6-8-10-29)41-38(24-45-50(41)33-15-17-47(3)18-16-33)44(52)48-19-20-57-35(26-48)27-55-4/h11-14,21-24,28-29,33,35H,6-10,15-20,25-27H2,1-5H3,(H,46,51)/t35-/m0/s1. The molecule has 0 unspecified atom stereocenters. The Hall–Kier alpha value is -4.50. The number of nitrogens with zero attached hydrogens (tertiary/aromatic N) is 5. The lowest BCUT2D eigenvalue weighted by Crippen LogP contribution is -2.47. The van der Waals surface area contributed by atoms with Gasteiger partial charge >= 0.3 is 0 Å². The van der Waals surface area contributed by atoms with Crippen molar-refractivity contribution >= 4 is 44.4 Å². The number of carbonyl (C=O) groups is 2. The molecule has 1 saturated carbocycles. The smallest absolute Gasteiger partial charge is 0.264 e. The summed E-state index contributed by atoms with van der Waals surface area (Å²) in [5.41, 5.74) is 7.68. The Kier molecular flexibility index (Phi) is 11.6. The van der Waals surface area contributed by atoms with Gasteiger partial charge in [-0.05, 0) is 119 Å². The maximum Gasteiger partial charge on any atom is 0.264 e. The van der Waals surface area contributed by atoms with Gasteiger partial charge in [-0.2, -0.15) is 5.10 Å². The van der Waals surface area contributed by atoms with E-state index in [0.29, 0.717) is 44.3 Å². The minimum atomic E-state index is -3.86. The largest absolute Gasteiger partial charge is 0.497 e. The minimum Gasteiger partial charge on any atom is -0.497 e. The third-order valence-electron chi connectivity index (χ3n) is 12.5. The lowest BCUT2D eigenvalue weighted by Gasteiger charge is -2.33. The summed E-state index contributed by atoms with van der Waals surface area (Å²) in [4.78, 5) is 32.6. The van der Waals surface area contributed by atoms with Crippen molar-refractivity contribution in [3.8, 4) is 17.0 Å². The second kappa shape index (κ2) is 16.6. The quantitative estimate of drug-likeness (QED) is 0.195. The number of aromatic nitrogens is 3. The van der Waals surface area contributed by atoms with E-state index in [1.807, 2.05) is 23.1 Å². The van der Waals surface area contributed by atoms with E-state index in [-0.39, 0.29) is 23.6 Å². The first-order valence-corrected chi connectivity index (χ1v) is 22.3. The van der Waals surface area contributed by atoms with E-state index in [1.54, 1.807) is 40.3 Å². The van der Waals surface area contributed by atoms with Crippen molar-refractivity contribution in [3.05, 3.63) is 70.5 Å². The van der Waals surface area contributed by atoms with Crippen LogP contribution in [0.2, 0.25) is 0 Å². The minimum absolute atomic E-state index is 0.0875. The molecule has 0 spiro atoms. The number of sulfonamides is 1.